The Morgan fingerprint density at radius 2 is 2.18 bits per heavy atom. The number of benzene rings is 1. The minimum atomic E-state index is -0.374. The summed E-state index contributed by atoms with van der Waals surface area (Å²) in [5, 5.41) is 0. The van der Waals surface area contributed by atoms with Gasteiger partial charge in [-0.05, 0) is 31.2 Å². The van der Waals surface area contributed by atoms with Crippen LogP contribution in [-0.4, -0.2) is 6.29 Å². The molecule has 0 aliphatic carbocycles. The SMILES string of the molecule is C=C(/C=C\C(C=O)=C/C)Oc1cccc(F)c1. The Morgan fingerprint density at radius 3 is 2.76 bits per heavy atom. The Labute approximate surface area is 99.7 Å². The van der Waals surface area contributed by atoms with Crippen LogP contribution >= 0.6 is 0 Å². The second-order valence-corrected chi connectivity index (χ2v) is 3.27. The number of ether oxygens (including phenoxy) is 1. The predicted octanol–water partition coefficient (Wildman–Crippen LogP) is 3.42. The van der Waals surface area contributed by atoms with E-state index in [1.165, 1.54) is 12.1 Å². The van der Waals surface area contributed by atoms with Crippen LogP contribution in [0.4, 0.5) is 4.39 Å². The maximum absolute atomic E-state index is 12.9. The summed E-state index contributed by atoms with van der Waals surface area (Å²) in [5.74, 6) is 0.325. The molecule has 3 heteroatoms. The lowest BCUT2D eigenvalue weighted by Gasteiger charge is -2.04. The second-order valence-electron chi connectivity index (χ2n) is 3.27. The zero-order chi connectivity index (χ0) is 12.7. The van der Waals surface area contributed by atoms with Gasteiger partial charge in [0.2, 0.25) is 0 Å². The zero-order valence-electron chi connectivity index (χ0n) is 9.52. The molecule has 0 saturated heterocycles. The summed E-state index contributed by atoms with van der Waals surface area (Å²) in [4.78, 5) is 10.5. The maximum Gasteiger partial charge on any atom is 0.149 e. The molecular weight excluding hydrogens is 219 g/mol. The van der Waals surface area contributed by atoms with Gasteiger partial charge in [0.25, 0.3) is 0 Å². The fourth-order valence-electron chi connectivity index (χ4n) is 1.11. The highest BCUT2D eigenvalue weighted by molar-refractivity contribution is 5.77. The van der Waals surface area contributed by atoms with Crippen molar-refractivity contribution in [1.82, 2.24) is 0 Å². The van der Waals surface area contributed by atoms with E-state index < -0.39 is 0 Å². The van der Waals surface area contributed by atoms with E-state index in [2.05, 4.69) is 6.58 Å². The molecule has 0 aliphatic rings. The average Bonchev–Trinajstić information content (AvgIpc) is 2.30. The zero-order valence-corrected chi connectivity index (χ0v) is 9.52. The van der Waals surface area contributed by atoms with Gasteiger partial charge in [-0.3, -0.25) is 4.79 Å². The van der Waals surface area contributed by atoms with Gasteiger partial charge in [0.15, 0.2) is 0 Å². The van der Waals surface area contributed by atoms with Crippen molar-refractivity contribution >= 4 is 6.29 Å². The smallest absolute Gasteiger partial charge is 0.149 e. The van der Waals surface area contributed by atoms with Crippen molar-refractivity contribution in [3.63, 3.8) is 0 Å². The molecular formula is C14H13FO2. The minimum Gasteiger partial charge on any atom is -0.458 e. The van der Waals surface area contributed by atoms with Crippen molar-refractivity contribution in [3.05, 3.63) is 66.2 Å². The van der Waals surface area contributed by atoms with Gasteiger partial charge in [0, 0.05) is 11.6 Å². The molecule has 0 aliphatic heterocycles. The molecule has 2 nitrogen and oxygen atoms in total. The van der Waals surface area contributed by atoms with Gasteiger partial charge in [-0.1, -0.05) is 18.7 Å². The number of hydrogen-bond donors (Lipinski definition) is 0. The second kappa shape index (κ2) is 6.43. The van der Waals surface area contributed by atoms with Crippen molar-refractivity contribution < 1.29 is 13.9 Å². The number of carbonyl (C=O) groups is 1. The van der Waals surface area contributed by atoms with E-state index >= 15 is 0 Å². The number of allylic oxidation sites excluding steroid dienone is 4. The first-order chi connectivity index (χ1) is 8.15. The first kappa shape index (κ1) is 12.9. The molecule has 0 radical (unpaired) electrons. The van der Waals surface area contributed by atoms with E-state index in [0.29, 0.717) is 17.1 Å². The molecule has 0 bridgehead atoms. The highest BCUT2D eigenvalue weighted by Gasteiger charge is 1.97. The standard InChI is InChI=1S/C14H13FO2/c1-3-12(10-16)8-7-11(2)17-14-6-4-5-13(15)9-14/h3-10H,2H2,1H3/b8-7-,12-3+. The van der Waals surface area contributed by atoms with Crippen LogP contribution in [0.1, 0.15) is 6.92 Å². The van der Waals surface area contributed by atoms with Gasteiger partial charge in [-0.15, -0.1) is 0 Å². The largest absolute Gasteiger partial charge is 0.458 e. The predicted molar refractivity (Wildman–Crippen MR) is 65.1 cm³/mol. The van der Waals surface area contributed by atoms with Gasteiger partial charge in [0.1, 0.15) is 23.6 Å². The van der Waals surface area contributed by atoms with Crippen molar-refractivity contribution in [2.75, 3.05) is 0 Å². The van der Waals surface area contributed by atoms with Gasteiger partial charge >= 0.3 is 0 Å². The van der Waals surface area contributed by atoms with E-state index in [1.807, 2.05) is 0 Å². The molecule has 0 spiro atoms. The average molecular weight is 232 g/mol. The summed E-state index contributed by atoms with van der Waals surface area (Å²) in [6.45, 7) is 5.40. The Morgan fingerprint density at radius 1 is 1.41 bits per heavy atom. The van der Waals surface area contributed by atoms with E-state index in [4.69, 9.17) is 4.74 Å². The first-order valence-corrected chi connectivity index (χ1v) is 5.07. The molecule has 0 saturated carbocycles. The third-order valence-corrected chi connectivity index (χ3v) is 1.98. The molecule has 1 rings (SSSR count). The first-order valence-electron chi connectivity index (χ1n) is 5.07. The molecule has 17 heavy (non-hydrogen) atoms. The van der Waals surface area contributed by atoms with Crippen LogP contribution in [0.2, 0.25) is 0 Å². The van der Waals surface area contributed by atoms with Crippen LogP contribution in [0.25, 0.3) is 0 Å². The van der Waals surface area contributed by atoms with Gasteiger partial charge in [-0.25, -0.2) is 4.39 Å². The van der Waals surface area contributed by atoms with Crippen LogP contribution < -0.4 is 4.74 Å². The number of carbonyl (C=O) groups excluding carboxylic acids is 1. The Kier molecular flexibility index (Phi) is 4.88. The van der Waals surface area contributed by atoms with Crippen molar-refractivity contribution in [1.29, 1.82) is 0 Å². The van der Waals surface area contributed by atoms with Crippen molar-refractivity contribution in [2.24, 2.45) is 0 Å². The topological polar surface area (TPSA) is 26.3 Å². The summed E-state index contributed by atoms with van der Waals surface area (Å²) in [7, 11) is 0. The van der Waals surface area contributed by atoms with Gasteiger partial charge in [0.05, 0.1) is 0 Å². The number of halogens is 1. The molecule has 1 aromatic carbocycles. The van der Waals surface area contributed by atoms with Crippen LogP contribution in [0.3, 0.4) is 0 Å². The fourth-order valence-corrected chi connectivity index (χ4v) is 1.11. The molecule has 0 heterocycles. The molecule has 0 atom stereocenters. The molecule has 0 aromatic heterocycles. The number of rotatable bonds is 5. The maximum atomic E-state index is 12.9. The third kappa shape index (κ3) is 4.47. The van der Waals surface area contributed by atoms with Crippen LogP contribution in [0, 0.1) is 5.82 Å². The van der Waals surface area contributed by atoms with Crippen LogP contribution in [0.5, 0.6) is 5.75 Å². The lowest BCUT2D eigenvalue weighted by molar-refractivity contribution is -0.104. The highest BCUT2D eigenvalue weighted by atomic mass is 19.1. The quantitative estimate of drug-likeness (QED) is 0.336. The normalized spacial score (nSPS) is 11.5. The molecule has 88 valence electrons. The minimum absolute atomic E-state index is 0.330. The van der Waals surface area contributed by atoms with Crippen molar-refractivity contribution in [3.8, 4) is 5.75 Å². The Balaban J connectivity index is 2.64. The summed E-state index contributed by atoms with van der Waals surface area (Å²) in [6.07, 6.45) is 5.52. The molecule has 1 aromatic rings. The van der Waals surface area contributed by atoms with E-state index in [1.54, 1.807) is 37.3 Å². The Bertz CT molecular complexity index is 473. The number of aldehydes is 1. The Hall–Kier alpha value is -2.16. The third-order valence-electron chi connectivity index (χ3n) is 1.98. The van der Waals surface area contributed by atoms with E-state index in [9.17, 15) is 9.18 Å². The van der Waals surface area contributed by atoms with Crippen LogP contribution in [0.15, 0.2) is 60.4 Å². The van der Waals surface area contributed by atoms with E-state index in [-0.39, 0.29) is 5.82 Å². The van der Waals surface area contributed by atoms with Gasteiger partial charge in [-0.2, -0.15) is 0 Å². The molecule has 0 amide bonds. The van der Waals surface area contributed by atoms with Crippen LogP contribution in [-0.2, 0) is 4.79 Å². The molecule has 0 fully saturated rings. The lowest BCUT2D eigenvalue weighted by atomic mass is 10.2. The lowest BCUT2D eigenvalue weighted by Crippen LogP contribution is -1.91. The summed E-state index contributed by atoms with van der Waals surface area (Å²) in [6, 6.07) is 5.76. The molecule has 0 unspecified atom stereocenters. The number of hydrogen-bond acceptors (Lipinski definition) is 2. The highest BCUT2D eigenvalue weighted by Crippen LogP contribution is 2.15. The monoisotopic (exact) mass is 232 g/mol. The van der Waals surface area contributed by atoms with E-state index in [0.717, 1.165) is 6.29 Å². The summed E-state index contributed by atoms with van der Waals surface area (Å²) in [5.41, 5.74) is 0.522. The summed E-state index contributed by atoms with van der Waals surface area (Å²) < 4.78 is 18.1. The van der Waals surface area contributed by atoms with Crippen molar-refractivity contribution in [2.45, 2.75) is 6.92 Å². The fraction of sp³-hybridized carbons (Fsp3) is 0.0714. The van der Waals surface area contributed by atoms with Gasteiger partial charge < -0.3 is 4.74 Å². The summed E-state index contributed by atoms with van der Waals surface area (Å²) >= 11 is 0. The molecule has 0 N–H and O–H groups in total.